The van der Waals surface area contributed by atoms with Crippen LogP contribution in [0, 0.1) is 5.92 Å². The number of carboxylic acid groups (broad SMARTS) is 1. The van der Waals surface area contributed by atoms with Crippen LogP contribution in [-0.4, -0.2) is 34.9 Å². The van der Waals surface area contributed by atoms with Crippen molar-refractivity contribution >= 4 is 5.97 Å². The van der Waals surface area contributed by atoms with E-state index < -0.39 is 12.0 Å². The van der Waals surface area contributed by atoms with E-state index in [0.717, 1.165) is 63.8 Å². The molecule has 0 aliphatic heterocycles. The quantitative estimate of drug-likeness (QED) is 0.368. The van der Waals surface area contributed by atoms with Crippen LogP contribution in [0.2, 0.25) is 0 Å². The first-order valence-electron chi connectivity index (χ1n) is 9.57. The van der Waals surface area contributed by atoms with Gasteiger partial charge in [-0.25, -0.2) is 0 Å². The summed E-state index contributed by atoms with van der Waals surface area (Å²) >= 11 is 0. The van der Waals surface area contributed by atoms with Crippen LogP contribution in [0.25, 0.3) is 0 Å². The van der Waals surface area contributed by atoms with Gasteiger partial charge in [0.05, 0.1) is 6.10 Å². The van der Waals surface area contributed by atoms with E-state index in [1.54, 1.807) is 0 Å². The Bertz CT molecular complexity index is 280. The maximum absolute atomic E-state index is 11.3. The van der Waals surface area contributed by atoms with Gasteiger partial charge >= 0.3 is 5.97 Å². The van der Waals surface area contributed by atoms with Gasteiger partial charge in [-0.15, -0.1) is 0 Å². The lowest BCUT2D eigenvalue weighted by Gasteiger charge is -2.14. The van der Waals surface area contributed by atoms with Crippen molar-refractivity contribution in [2.75, 3.05) is 6.54 Å². The highest BCUT2D eigenvalue weighted by atomic mass is 16.4. The second kappa shape index (κ2) is 14.9. The molecule has 0 bridgehead atoms. The molecule has 0 saturated heterocycles. The fourth-order valence-corrected chi connectivity index (χ4v) is 2.76. The molecule has 23 heavy (non-hydrogen) atoms. The molecule has 3 N–H and O–H groups in total. The summed E-state index contributed by atoms with van der Waals surface area (Å²) in [6.07, 6.45) is 11.5. The molecule has 4 heteroatoms. The summed E-state index contributed by atoms with van der Waals surface area (Å²) in [6, 6.07) is -0.391. The molecule has 0 spiro atoms. The third-order valence-corrected chi connectivity index (χ3v) is 4.26. The Morgan fingerprint density at radius 3 is 1.91 bits per heavy atom. The molecule has 0 amide bonds. The van der Waals surface area contributed by atoms with Crippen LogP contribution < -0.4 is 5.32 Å². The lowest BCUT2D eigenvalue weighted by molar-refractivity contribution is -0.139. The van der Waals surface area contributed by atoms with Crippen LogP contribution in [0.3, 0.4) is 0 Å². The Hall–Kier alpha value is -0.610. The van der Waals surface area contributed by atoms with E-state index in [0.29, 0.717) is 0 Å². The van der Waals surface area contributed by atoms with E-state index in [4.69, 9.17) is 0 Å². The Balaban J connectivity index is 3.57. The Morgan fingerprint density at radius 1 is 0.826 bits per heavy atom. The van der Waals surface area contributed by atoms with Crippen molar-refractivity contribution in [1.29, 1.82) is 0 Å². The van der Waals surface area contributed by atoms with Crippen molar-refractivity contribution in [3.63, 3.8) is 0 Å². The van der Waals surface area contributed by atoms with Gasteiger partial charge in [-0.05, 0) is 38.6 Å². The molecular formula is C19H39NO3. The fraction of sp³-hybridized carbons (Fsp3) is 0.947. The van der Waals surface area contributed by atoms with Crippen molar-refractivity contribution in [2.24, 2.45) is 5.92 Å². The molecular weight excluding hydrogens is 290 g/mol. The van der Waals surface area contributed by atoms with E-state index in [1.165, 1.54) is 19.3 Å². The minimum absolute atomic E-state index is 0.198. The SMILES string of the molecule is CC(C)CCCCCNC(CCCCCCCC(C)O)C(=O)O. The lowest BCUT2D eigenvalue weighted by atomic mass is 10.0. The molecule has 0 rings (SSSR count). The van der Waals surface area contributed by atoms with E-state index >= 15 is 0 Å². The van der Waals surface area contributed by atoms with Crippen molar-refractivity contribution < 1.29 is 15.0 Å². The van der Waals surface area contributed by atoms with Gasteiger partial charge in [0.25, 0.3) is 0 Å². The standard InChI is InChI=1S/C19H39NO3/c1-16(2)12-8-7-11-15-20-18(19(22)23)14-10-6-4-5-9-13-17(3)21/h16-18,20-21H,4-15H2,1-3H3,(H,22,23). The molecule has 0 saturated carbocycles. The Kier molecular flexibility index (Phi) is 14.6. The monoisotopic (exact) mass is 329 g/mol. The van der Waals surface area contributed by atoms with Crippen LogP contribution in [0.5, 0.6) is 0 Å². The van der Waals surface area contributed by atoms with Gasteiger partial charge in [0.1, 0.15) is 6.04 Å². The molecule has 0 aliphatic carbocycles. The molecule has 0 fully saturated rings. The van der Waals surface area contributed by atoms with E-state index in [9.17, 15) is 15.0 Å². The van der Waals surface area contributed by atoms with E-state index in [1.807, 2.05) is 6.92 Å². The van der Waals surface area contributed by atoms with Gasteiger partial charge in [0.15, 0.2) is 0 Å². The smallest absolute Gasteiger partial charge is 0.320 e. The summed E-state index contributed by atoms with van der Waals surface area (Å²) < 4.78 is 0. The molecule has 138 valence electrons. The van der Waals surface area contributed by atoms with Gasteiger partial charge in [0, 0.05) is 0 Å². The number of unbranched alkanes of at least 4 members (excludes halogenated alkanes) is 6. The number of nitrogens with one attached hydrogen (secondary N) is 1. The normalized spacial score (nSPS) is 14.1. The molecule has 0 heterocycles. The molecule has 0 aromatic heterocycles. The van der Waals surface area contributed by atoms with Gasteiger partial charge < -0.3 is 15.5 Å². The highest BCUT2D eigenvalue weighted by molar-refractivity contribution is 5.73. The highest BCUT2D eigenvalue weighted by Crippen LogP contribution is 2.11. The number of carbonyl (C=O) groups is 1. The largest absolute Gasteiger partial charge is 0.480 e. The number of hydrogen-bond donors (Lipinski definition) is 3. The number of aliphatic hydroxyl groups is 1. The van der Waals surface area contributed by atoms with Crippen LogP contribution in [0.15, 0.2) is 0 Å². The predicted octanol–water partition coefficient (Wildman–Crippen LogP) is 4.36. The molecule has 0 aromatic rings. The number of carboxylic acids is 1. The second-order valence-corrected chi connectivity index (χ2v) is 7.28. The number of hydrogen-bond acceptors (Lipinski definition) is 3. The molecule has 0 aliphatic rings. The summed E-state index contributed by atoms with van der Waals surface area (Å²) in [5, 5.41) is 21.6. The maximum atomic E-state index is 11.3. The molecule has 4 nitrogen and oxygen atoms in total. The van der Waals surface area contributed by atoms with Crippen LogP contribution in [-0.2, 0) is 4.79 Å². The van der Waals surface area contributed by atoms with Gasteiger partial charge in [-0.2, -0.15) is 0 Å². The van der Waals surface area contributed by atoms with Crippen molar-refractivity contribution in [2.45, 2.75) is 104 Å². The topological polar surface area (TPSA) is 69.6 Å². The lowest BCUT2D eigenvalue weighted by Crippen LogP contribution is -2.37. The summed E-state index contributed by atoms with van der Waals surface area (Å²) in [5.74, 6) is 0.0385. The van der Waals surface area contributed by atoms with Crippen molar-refractivity contribution in [3.8, 4) is 0 Å². The number of aliphatic hydroxyl groups excluding tert-OH is 1. The summed E-state index contributed by atoms with van der Waals surface area (Å²) in [4.78, 5) is 11.3. The maximum Gasteiger partial charge on any atom is 0.320 e. The zero-order valence-electron chi connectivity index (χ0n) is 15.5. The zero-order chi connectivity index (χ0) is 17.5. The minimum atomic E-state index is -0.721. The van der Waals surface area contributed by atoms with Crippen molar-refractivity contribution in [1.82, 2.24) is 5.32 Å². The second-order valence-electron chi connectivity index (χ2n) is 7.28. The molecule has 2 unspecified atom stereocenters. The van der Waals surface area contributed by atoms with Crippen LogP contribution >= 0.6 is 0 Å². The van der Waals surface area contributed by atoms with E-state index in [-0.39, 0.29) is 6.10 Å². The summed E-state index contributed by atoms with van der Waals surface area (Å²) in [5.41, 5.74) is 0. The van der Waals surface area contributed by atoms with Gasteiger partial charge in [-0.1, -0.05) is 65.2 Å². The molecule has 0 aromatic carbocycles. The predicted molar refractivity (Wildman–Crippen MR) is 96.7 cm³/mol. The number of rotatable bonds is 16. The molecule has 2 atom stereocenters. The van der Waals surface area contributed by atoms with Gasteiger partial charge in [-0.3, -0.25) is 4.79 Å². The average molecular weight is 330 g/mol. The third-order valence-electron chi connectivity index (χ3n) is 4.26. The highest BCUT2D eigenvalue weighted by Gasteiger charge is 2.15. The summed E-state index contributed by atoms with van der Waals surface area (Å²) in [6.45, 7) is 7.11. The fourth-order valence-electron chi connectivity index (χ4n) is 2.76. The Morgan fingerprint density at radius 2 is 1.35 bits per heavy atom. The van der Waals surface area contributed by atoms with E-state index in [2.05, 4.69) is 19.2 Å². The minimum Gasteiger partial charge on any atom is -0.480 e. The molecule has 0 radical (unpaired) electrons. The number of aliphatic carboxylic acids is 1. The van der Waals surface area contributed by atoms with Crippen molar-refractivity contribution in [3.05, 3.63) is 0 Å². The summed E-state index contributed by atoms with van der Waals surface area (Å²) in [7, 11) is 0. The average Bonchev–Trinajstić information content (AvgIpc) is 2.46. The third kappa shape index (κ3) is 16.0. The Labute approximate surface area is 143 Å². The van der Waals surface area contributed by atoms with Gasteiger partial charge in [0.2, 0.25) is 0 Å². The van der Waals surface area contributed by atoms with Crippen LogP contribution in [0.4, 0.5) is 0 Å². The first-order chi connectivity index (χ1) is 10.9. The van der Waals surface area contributed by atoms with Crippen LogP contribution in [0.1, 0.15) is 91.4 Å². The first-order valence-corrected chi connectivity index (χ1v) is 9.57. The zero-order valence-corrected chi connectivity index (χ0v) is 15.5. The first kappa shape index (κ1) is 22.4.